The fourth-order valence-electron chi connectivity index (χ4n) is 2.27. The van der Waals surface area contributed by atoms with Gasteiger partial charge in [-0.05, 0) is 25.3 Å². The van der Waals surface area contributed by atoms with Crippen molar-refractivity contribution in [3.8, 4) is 0 Å². The first-order valence-electron chi connectivity index (χ1n) is 7.53. The summed E-state index contributed by atoms with van der Waals surface area (Å²) in [6.07, 6.45) is 0. The zero-order valence-corrected chi connectivity index (χ0v) is 14.8. The molecule has 2 heteroatoms. The zero-order chi connectivity index (χ0) is 14.6. The van der Waals surface area contributed by atoms with E-state index < -0.39 is 8.07 Å². The van der Waals surface area contributed by atoms with Gasteiger partial charge in [0.2, 0.25) is 0 Å². The second kappa shape index (κ2) is 6.71. The first-order valence-corrected chi connectivity index (χ1v) is 11.0. The Bertz CT molecular complexity index is 373. The predicted octanol–water partition coefficient (Wildman–Crippen LogP) is 4.10. The molecule has 0 aliphatic rings. The molecule has 0 radical (unpaired) electrons. The van der Waals surface area contributed by atoms with Crippen LogP contribution in [0, 0.1) is 5.92 Å². The lowest BCUT2D eigenvalue weighted by molar-refractivity contribution is 0.189. The van der Waals surface area contributed by atoms with Crippen LogP contribution in [-0.4, -0.2) is 25.6 Å². The van der Waals surface area contributed by atoms with Crippen molar-refractivity contribution in [1.82, 2.24) is 4.90 Å². The van der Waals surface area contributed by atoms with Gasteiger partial charge in [-0.3, -0.25) is 4.90 Å². The van der Waals surface area contributed by atoms with Crippen LogP contribution in [0.2, 0.25) is 19.6 Å². The van der Waals surface area contributed by atoms with E-state index in [0.717, 1.165) is 12.5 Å². The van der Waals surface area contributed by atoms with Gasteiger partial charge in [0, 0.05) is 19.1 Å². The van der Waals surface area contributed by atoms with Crippen LogP contribution in [0.5, 0.6) is 0 Å². The molecule has 0 fully saturated rings. The zero-order valence-electron chi connectivity index (χ0n) is 13.8. The van der Waals surface area contributed by atoms with Gasteiger partial charge in [0.15, 0.2) is 0 Å². The molecular formula is C17H31NSi. The Labute approximate surface area is 121 Å². The number of nitrogens with zero attached hydrogens (tertiary/aromatic N) is 1. The SMILES string of the molecule is CC(C)CN(Cc1ccc([Si](C)(C)C)cc1)C(C)C. The third-order valence-electron chi connectivity index (χ3n) is 3.54. The minimum Gasteiger partial charge on any atom is -0.296 e. The highest BCUT2D eigenvalue weighted by Crippen LogP contribution is 2.11. The van der Waals surface area contributed by atoms with Crippen molar-refractivity contribution in [2.75, 3.05) is 6.54 Å². The summed E-state index contributed by atoms with van der Waals surface area (Å²) in [7, 11) is -1.16. The Balaban J connectivity index is 2.75. The molecule has 1 aromatic carbocycles. The fraction of sp³-hybridized carbons (Fsp3) is 0.647. The largest absolute Gasteiger partial charge is 0.296 e. The summed E-state index contributed by atoms with van der Waals surface area (Å²) in [5.41, 5.74) is 1.44. The average molecular weight is 278 g/mol. The van der Waals surface area contributed by atoms with Crippen LogP contribution in [0.25, 0.3) is 0 Å². The lowest BCUT2D eigenvalue weighted by Gasteiger charge is -2.28. The smallest absolute Gasteiger partial charge is 0.0775 e. The summed E-state index contributed by atoms with van der Waals surface area (Å²) in [6, 6.07) is 9.94. The van der Waals surface area contributed by atoms with Crippen LogP contribution < -0.4 is 5.19 Å². The summed E-state index contributed by atoms with van der Waals surface area (Å²) in [5, 5.41) is 1.55. The molecule has 0 spiro atoms. The maximum Gasteiger partial charge on any atom is 0.0775 e. The highest BCUT2D eigenvalue weighted by atomic mass is 28.3. The van der Waals surface area contributed by atoms with Crippen molar-refractivity contribution in [2.24, 2.45) is 5.92 Å². The highest BCUT2D eigenvalue weighted by molar-refractivity contribution is 6.88. The van der Waals surface area contributed by atoms with Crippen molar-refractivity contribution in [3.63, 3.8) is 0 Å². The molecule has 0 saturated carbocycles. The second-order valence-electron chi connectivity index (χ2n) is 7.36. The van der Waals surface area contributed by atoms with Gasteiger partial charge in [-0.2, -0.15) is 0 Å². The van der Waals surface area contributed by atoms with E-state index in [4.69, 9.17) is 0 Å². The maximum absolute atomic E-state index is 2.56. The average Bonchev–Trinajstić information content (AvgIpc) is 2.27. The molecule has 0 amide bonds. The van der Waals surface area contributed by atoms with Gasteiger partial charge in [0.05, 0.1) is 8.07 Å². The van der Waals surface area contributed by atoms with E-state index in [2.05, 4.69) is 76.5 Å². The normalized spacial score (nSPS) is 12.7. The first kappa shape index (κ1) is 16.5. The molecule has 19 heavy (non-hydrogen) atoms. The second-order valence-corrected chi connectivity index (χ2v) is 12.4. The summed E-state index contributed by atoms with van der Waals surface area (Å²) < 4.78 is 0. The highest BCUT2D eigenvalue weighted by Gasteiger charge is 2.16. The Morgan fingerprint density at radius 3 is 1.84 bits per heavy atom. The molecule has 0 aromatic heterocycles. The van der Waals surface area contributed by atoms with Crippen molar-refractivity contribution in [3.05, 3.63) is 29.8 Å². The lowest BCUT2D eigenvalue weighted by Crippen LogP contribution is -2.37. The number of benzene rings is 1. The van der Waals surface area contributed by atoms with Gasteiger partial charge in [-0.25, -0.2) is 0 Å². The monoisotopic (exact) mass is 277 g/mol. The summed E-state index contributed by atoms with van der Waals surface area (Å²) in [6.45, 7) is 18.6. The lowest BCUT2D eigenvalue weighted by atomic mass is 10.1. The fourth-order valence-corrected chi connectivity index (χ4v) is 3.44. The van der Waals surface area contributed by atoms with E-state index >= 15 is 0 Å². The number of rotatable bonds is 6. The molecule has 0 heterocycles. The molecule has 0 saturated heterocycles. The third-order valence-corrected chi connectivity index (χ3v) is 5.60. The number of hydrogen-bond donors (Lipinski definition) is 0. The molecular weight excluding hydrogens is 246 g/mol. The quantitative estimate of drug-likeness (QED) is 0.708. The minimum atomic E-state index is -1.16. The molecule has 1 nitrogen and oxygen atoms in total. The van der Waals surface area contributed by atoms with Crippen molar-refractivity contribution < 1.29 is 0 Å². The first-order chi connectivity index (χ1) is 8.70. The van der Waals surface area contributed by atoms with Crippen LogP contribution in [0.15, 0.2) is 24.3 Å². The molecule has 0 aliphatic carbocycles. The molecule has 108 valence electrons. The Hall–Kier alpha value is -0.603. The van der Waals surface area contributed by atoms with Gasteiger partial charge >= 0.3 is 0 Å². The van der Waals surface area contributed by atoms with Gasteiger partial charge in [-0.15, -0.1) is 0 Å². The van der Waals surface area contributed by atoms with Gasteiger partial charge < -0.3 is 0 Å². The molecule has 0 aliphatic heterocycles. The summed E-state index contributed by atoms with van der Waals surface area (Å²) in [4.78, 5) is 2.56. The van der Waals surface area contributed by atoms with Crippen molar-refractivity contribution in [2.45, 2.75) is 59.9 Å². The van der Waals surface area contributed by atoms with Gasteiger partial charge in [0.25, 0.3) is 0 Å². The standard InChI is InChI=1S/C17H31NSi/c1-14(2)12-18(15(3)4)13-16-8-10-17(11-9-16)19(5,6)7/h8-11,14-15H,12-13H2,1-7H3. The maximum atomic E-state index is 2.56. The number of hydrogen-bond acceptors (Lipinski definition) is 1. The van der Waals surface area contributed by atoms with E-state index in [-0.39, 0.29) is 0 Å². The van der Waals surface area contributed by atoms with Gasteiger partial charge in [-0.1, -0.05) is 62.9 Å². The Morgan fingerprint density at radius 1 is 0.947 bits per heavy atom. The molecule has 0 bridgehead atoms. The predicted molar refractivity (Wildman–Crippen MR) is 89.8 cm³/mol. The third kappa shape index (κ3) is 5.49. The van der Waals surface area contributed by atoms with Crippen LogP contribution in [0.1, 0.15) is 33.3 Å². The van der Waals surface area contributed by atoms with Crippen LogP contribution in [-0.2, 0) is 6.54 Å². The van der Waals surface area contributed by atoms with Crippen molar-refractivity contribution in [1.29, 1.82) is 0 Å². The van der Waals surface area contributed by atoms with Crippen molar-refractivity contribution >= 4 is 13.3 Å². The molecule has 0 unspecified atom stereocenters. The van der Waals surface area contributed by atoms with E-state index in [0.29, 0.717) is 6.04 Å². The Morgan fingerprint density at radius 2 is 1.47 bits per heavy atom. The molecule has 1 aromatic rings. The van der Waals surface area contributed by atoms with E-state index in [9.17, 15) is 0 Å². The molecule has 0 N–H and O–H groups in total. The van der Waals surface area contributed by atoms with Crippen LogP contribution in [0.4, 0.5) is 0 Å². The van der Waals surface area contributed by atoms with E-state index in [1.165, 1.54) is 12.1 Å². The topological polar surface area (TPSA) is 3.24 Å². The molecule has 1 rings (SSSR count). The molecule has 0 atom stereocenters. The van der Waals surface area contributed by atoms with E-state index in [1.54, 1.807) is 5.19 Å². The summed E-state index contributed by atoms with van der Waals surface area (Å²) >= 11 is 0. The van der Waals surface area contributed by atoms with Crippen LogP contribution in [0.3, 0.4) is 0 Å². The minimum absolute atomic E-state index is 0.610. The van der Waals surface area contributed by atoms with E-state index in [1.807, 2.05) is 0 Å². The van der Waals surface area contributed by atoms with Crippen LogP contribution >= 0.6 is 0 Å². The van der Waals surface area contributed by atoms with Gasteiger partial charge in [0.1, 0.15) is 0 Å². The summed E-state index contributed by atoms with van der Waals surface area (Å²) in [5.74, 6) is 0.726. The Kier molecular flexibility index (Phi) is 5.81.